The van der Waals surface area contributed by atoms with E-state index in [0.717, 1.165) is 5.56 Å². The first-order valence-electron chi connectivity index (χ1n) is 8.82. The van der Waals surface area contributed by atoms with Gasteiger partial charge in [-0.2, -0.15) is 0 Å². The Bertz CT molecular complexity index is 843. The summed E-state index contributed by atoms with van der Waals surface area (Å²) in [4.78, 5) is 36.0. The van der Waals surface area contributed by atoms with Crippen LogP contribution in [0.4, 0.5) is 10.5 Å². The Morgan fingerprint density at radius 3 is 2.32 bits per heavy atom. The predicted octanol–water partition coefficient (Wildman–Crippen LogP) is 3.46. The number of carboxylic acids is 1. The molecule has 2 aromatic rings. The van der Waals surface area contributed by atoms with Crippen LogP contribution in [-0.2, 0) is 16.0 Å². The summed E-state index contributed by atoms with van der Waals surface area (Å²) < 4.78 is 5.25. The lowest BCUT2D eigenvalue weighted by Crippen LogP contribution is -2.47. The van der Waals surface area contributed by atoms with E-state index in [1.165, 1.54) is 18.2 Å². The molecular formula is C21H24N2O5. The number of carbonyl (C=O) groups excluding carboxylic acids is 2. The first kappa shape index (κ1) is 21.0. The van der Waals surface area contributed by atoms with Crippen LogP contribution in [0.5, 0.6) is 0 Å². The summed E-state index contributed by atoms with van der Waals surface area (Å²) >= 11 is 0. The fourth-order valence-corrected chi connectivity index (χ4v) is 2.47. The molecule has 0 radical (unpaired) electrons. The molecule has 148 valence electrons. The highest BCUT2D eigenvalue weighted by molar-refractivity contribution is 5.98. The zero-order valence-electron chi connectivity index (χ0n) is 16.1. The van der Waals surface area contributed by atoms with Crippen molar-refractivity contribution in [1.82, 2.24) is 5.32 Å². The highest BCUT2D eigenvalue weighted by Gasteiger charge is 2.25. The minimum atomic E-state index is -1.09. The number of carbonyl (C=O) groups is 3. The number of rotatable bonds is 6. The van der Waals surface area contributed by atoms with Crippen molar-refractivity contribution in [2.75, 3.05) is 5.32 Å². The second-order valence-electron chi connectivity index (χ2n) is 7.26. The predicted molar refractivity (Wildman–Crippen MR) is 105 cm³/mol. The molecule has 2 aromatic carbocycles. The van der Waals surface area contributed by atoms with Crippen molar-refractivity contribution in [3.8, 4) is 0 Å². The molecule has 0 saturated carbocycles. The zero-order valence-corrected chi connectivity index (χ0v) is 16.1. The van der Waals surface area contributed by atoms with Gasteiger partial charge in [0.05, 0.1) is 5.56 Å². The highest BCUT2D eigenvalue weighted by Crippen LogP contribution is 2.13. The van der Waals surface area contributed by atoms with Gasteiger partial charge < -0.3 is 20.5 Å². The number of hydrogen-bond acceptors (Lipinski definition) is 4. The molecule has 1 unspecified atom stereocenters. The van der Waals surface area contributed by atoms with Crippen LogP contribution in [0.2, 0.25) is 0 Å². The fourth-order valence-electron chi connectivity index (χ4n) is 2.47. The average Bonchev–Trinajstić information content (AvgIpc) is 2.60. The fraction of sp³-hybridized carbons (Fsp3) is 0.286. The van der Waals surface area contributed by atoms with Crippen molar-refractivity contribution >= 4 is 23.7 Å². The molecule has 2 rings (SSSR count). The van der Waals surface area contributed by atoms with Gasteiger partial charge in [0.2, 0.25) is 5.91 Å². The van der Waals surface area contributed by atoms with E-state index in [9.17, 15) is 14.4 Å². The summed E-state index contributed by atoms with van der Waals surface area (Å²) in [6, 6.07) is 14.2. The number of aromatic carboxylic acids is 1. The molecule has 0 aliphatic heterocycles. The van der Waals surface area contributed by atoms with Crippen molar-refractivity contribution in [2.24, 2.45) is 0 Å². The number of anilines is 1. The monoisotopic (exact) mass is 384 g/mol. The molecule has 0 aliphatic carbocycles. The van der Waals surface area contributed by atoms with Gasteiger partial charge in [-0.3, -0.25) is 4.79 Å². The van der Waals surface area contributed by atoms with Crippen molar-refractivity contribution in [3.05, 3.63) is 65.7 Å². The second kappa shape index (κ2) is 9.03. The van der Waals surface area contributed by atoms with Gasteiger partial charge in [0, 0.05) is 12.1 Å². The van der Waals surface area contributed by atoms with Gasteiger partial charge in [0.15, 0.2) is 0 Å². The maximum atomic E-state index is 12.8. The lowest BCUT2D eigenvalue weighted by Gasteiger charge is -2.23. The third-order valence-electron chi connectivity index (χ3n) is 3.67. The van der Waals surface area contributed by atoms with Crippen molar-refractivity contribution in [1.29, 1.82) is 0 Å². The van der Waals surface area contributed by atoms with E-state index in [-0.39, 0.29) is 12.0 Å². The van der Waals surface area contributed by atoms with Crippen LogP contribution in [0, 0.1) is 0 Å². The van der Waals surface area contributed by atoms with Crippen LogP contribution in [-0.4, -0.2) is 34.7 Å². The van der Waals surface area contributed by atoms with Gasteiger partial charge in [-0.05, 0) is 44.5 Å². The molecule has 0 saturated heterocycles. The van der Waals surface area contributed by atoms with Crippen molar-refractivity contribution < 1.29 is 24.2 Å². The minimum Gasteiger partial charge on any atom is -0.478 e. The van der Waals surface area contributed by atoms with Crippen LogP contribution >= 0.6 is 0 Å². The summed E-state index contributed by atoms with van der Waals surface area (Å²) in [5.74, 6) is -1.57. The largest absolute Gasteiger partial charge is 0.478 e. The number of ether oxygens (including phenoxy) is 1. The molecule has 3 N–H and O–H groups in total. The number of benzene rings is 2. The van der Waals surface area contributed by atoms with Crippen LogP contribution in [0.1, 0.15) is 36.7 Å². The summed E-state index contributed by atoms with van der Waals surface area (Å²) in [6.45, 7) is 5.20. The average molecular weight is 384 g/mol. The van der Waals surface area contributed by atoms with Crippen LogP contribution in [0.3, 0.4) is 0 Å². The van der Waals surface area contributed by atoms with Crippen molar-refractivity contribution in [2.45, 2.75) is 38.8 Å². The summed E-state index contributed by atoms with van der Waals surface area (Å²) in [6.07, 6.45) is -0.451. The Balaban J connectivity index is 2.17. The van der Waals surface area contributed by atoms with E-state index in [4.69, 9.17) is 9.84 Å². The lowest BCUT2D eigenvalue weighted by molar-refractivity contribution is -0.118. The summed E-state index contributed by atoms with van der Waals surface area (Å²) in [5.41, 5.74) is 0.540. The normalized spacial score (nSPS) is 12.0. The maximum absolute atomic E-state index is 12.8. The SMILES string of the molecule is CC(C)(C)OC(=O)NC(Cc1ccccc1)C(=O)Nc1cccc(C(=O)O)c1. The van der Waals surface area contributed by atoms with Crippen molar-refractivity contribution in [3.63, 3.8) is 0 Å². The zero-order chi connectivity index (χ0) is 20.7. The molecule has 0 aliphatic rings. The molecule has 0 fully saturated rings. The molecule has 28 heavy (non-hydrogen) atoms. The number of carboxylic acid groups (broad SMARTS) is 1. The van der Waals surface area contributed by atoms with Crippen LogP contribution < -0.4 is 10.6 Å². The van der Waals surface area contributed by atoms with E-state index >= 15 is 0 Å². The van der Waals surface area contributed by atoms with Crippen LogP contribution in [0.15, 0.2) is 54.6 Å². The second-order valence-corrected chi connectivity index (χ2v) is 7.26. The molecule has 7 heteroatoms. The van der Waals surface area contributed by atoms with E-state index in [2.05, 4.69) is 10.6 Å². The maximum Gasteiger partial charge on any atom is 0.408 e. The third kappa shape index (κ3) is 6.75. The number of amides is 2. The Hall–Kier alpha value is -3.35. The van der Waals surface area contributed by atoms with Crippen LogP contribution in [0.25, 0.3) is 0 Å². The molecular weight excluding hydrogens is 360 g/mol. The standard InChI is InChI=1S/C21H24N2O5/c1-21(2,3)28-20(27)23-17(12-14-8-5-4-6-9-14)18(24)22-16-11-7-10-15(13-16)19(25)26/h4-11,13,17H,12H2,1-3H3,(H,22,24)(H,23,27)(H,25,26). The highest BCUT2D eigenvalue weighted by atomic mass is 16.6. The first-order valence-corrected chi connectivity index (χ1v) is 8.82. The van der Waals surface area contributed by atoms with Gasteiger partial charge in [-0.25, -0.2) is 9.59 Å². The van der Waals surface area contributed by atoms with Gasteiger partial charge in [0.1, 0.15) is 11.6 Å². The Kier molecular flexibility index (Phi) is 6.76. The van der Waals surface area contributed by atoms with Gasteiger partial charge >= 0.3 is 12.1 Å². The minimum absolute atomic E-state index is 0.0533. The van der Waals surface area contributed by atoms with E-state index in [0.29, 0.717) is 5.69 Å². The Labute approximate surface area is 163 Å². The molecule has 0 heterocycles. The molecule has 1 atom stereocenters. The van der Waals surface area contributed by atoms with Gasteiger partial charge in [0.25, 0.3) is 0 Å². The van der Waals surface area contributed by atoms with E-state index < -0.39 is 29.6 Å². The molecule has 0 spiro atoms. The Morgan fingerprint density at radius 1 is 1.04 bits per heavy atom. The van der Waals surface area contributed by atoms with E-state index in [1.54, 1.807) is 26.8 Å². The number of nitrogens with one attached hydrogen (secondary N) is 2. The van der Waals surface area contributed by atoms with Gasteiger partial charge in [-0.1, -0.05) is 36.4 Å². The van der Waals surface area contributed by atoms with Gasteiger partial charge in [-0.15, -0.1) is 0 Å². The molecule has 2 amide bonds. The molecule has 0 aromatic heterocycles. The molecule has 7 nitrogen and oxygen atoms in total. The summed E-state index contributed by atoms with van der Waals surface area (Å²) in [5, 5.41) is 14.3. The smallest absolute Gasteiger partial charge is 0.408 e. The van der Waals surface area contributed by atoms with E-state index in [1.807, 2.05) is 30.3 Å². The quantitative estimate of drug-likeness (QED) is 0.707. The first-order chi connectivity index (χ1) is 13.1. The third-order valence-corrected chi connectivity index (χ3v) is 3.67. The Morgan fingerprint density at radius 2 is 1.71 bits per heavy atom. The lowest BCUT2D eigenvalue weighted by atomic mass is 10.1. The number of hydrogen-bond donors (Lipinski definition) is 3. The number of alkyl carbamates (subject to hydrolysis) is 1. The summed E-state index contributed by atoms with van der Waals surface area (Å²) in [7, 11) is 0. The molecule has 0 bridgehead atoms. The topological polar surface area (TPSA) is 105 Å².